The van der Waals surface area contributed by atoms with Crippen LogP contribution in [0.1, 0.15) is 21.5 Å². The number of carbonyl (C=O) groups excluding carboxylic acids is 1. The number of amides is 1. The van der Waals surface area contributed by atoms with Gasteiger partial charge in [-0.3, -0.25) is 4.79 Å². The summed E-state index contributed by atoms with van der Waals surface area (Å²) in [6.07, 6.45) is 0. The van der Waals surface area contributed by atoms with Crippen LogP contribution in [0.2, 0.25) is 0 Å². The second kappa shape index (κ2) is 6.05. The van der Waals surface area contributed by atoms with Crippen LogP contribution < -0.4 is 11.1 Å². The van der Waals surface area contributed by atoms with E-state index in [2.05, 4.69) is 21.2 Å². The summed E-state index contributed by atoms with van der Waals surface area (Å²) in [6.45, 7) is 2.19. The monoisotopic (exact) mass is 336 g/mol. The molecule has 5 heteroatoms. The van der Waals surface area contributed by atoms with Crippen LogP contribution in [0.3, 0.4) is 0 Å². The fourth-order valence-electron chi connectivity index (χ4n) is 1.84. The molecule has 0 aromatic heterocycles. The summed E-state index contributed by atoms with van der Waals surface area (Å²) < 4.78 is 14.2. The Morgan fingerprint density at radius 1 is 1.35 bits per heavy atom. The molecule has 1 amide bonds. The topological polar surface area (TPSA) is 55.1 Å². The standard InChI is InChI=1S/C15H14BrFN2O/c1-9-10(3-2-4-14(9)18)8-19-15(20)12-7-11(16)5-6-13(12)17/h2-7H,8,18H2,1H3,(H,19,20). The highest BCUT2D eigenvalue weighted by Gasteiger charge is 2.12. The second-order valence-electron chi connectivity index (χ2n) is 4.44. The molecule has 0 aliphatic rings. The lowest BCUT2D eigenvalue weighted by atomic mass is 10.1. The van der Waals surface area contributed by atoms with Crippen molar-refractivity contribution in [2.24, 2.45) is 0 Å². The maximum absolute atomic E-state index is 13.6. The van der Waals surface area contributed by atoms with Gasteiger partial charge < -0.3 is 11.1 Å². The van der Waals surface area contributed by atoms with Crippen molar-refractivity contribution < 1.29 is 9.18 Å². The molecule has 2 aromatic rings. The molecule has 0 bridgehead atoms. The molecule has 0 heterocycles. The molecule has 3 N–H and O–H groups in total. The molecular weight excluding hydrogens is 323 g/mol. The Bertz CT molecular complexity index is 658. The van der Waals surface area contributed by atoms with Crippen LogP contribution in [-0.2, 0) is 6.54 Å². The minimum absolute atomic E-state index is 0.0148. The molecule has 0 aliphatic carbocycles. The number of anilines is 1. The first-order valence-electron chi connectivity index (χ1n) is 6.06. The van der Waals surface area contributed by atoms with Gasteiger partial charge in [-0.25, -0.2) is 4.39 Å². The number of halogens is 2. The van der Waals surface area contributed by atoms with Gasteiger partial charge in [0, 0.05) is 16.7 Å². The van der Waals surface area contributed by atoms with E-state index in [4.69, 9.17) is 5.73 Å². The molecule has 0 saturated carbocycles. The van der Waals surface area contributed by atoms with Crippen LogP contribution in [0.15, 0.2) is 40.9 Å². The molecule has 0 fully saturated rings. The van der Waals surface area contributed by atoms with Crippen molar-refractivity contribution in [1.82, 2.24) is 5.32 Å². The molecule has 0 radical (unpaired) electrons. The van der Waals surface area contributed by atoms with Crippen molar-refractivity contribution in [3.63, 3.8) is 0 Å². The van der Waals surface area contributed by atoms with E-state index in [0.717, 1.165) is 11.1 Å². The molecule has 2 rings (SSSR count). The van der Waals surface area contributed by atoms with Crippen molar-refractivity contribution in [2.45, 2.75) is 13.5 Å². The molecule has 0 aliphatic heterocycles. The summed E-state index contributed by atoms with van der Waals surface area (Å²) in [4.78, 5) is 12.0. The van der Waals surface area contributed by atoms with E-state index in [1.165, 1.54) is 12.1 Å². The Morgan fingerprint density at radius 2 is 2.10 bits per heavy atom. The van der Waals surface area contributed by atoms with Crippen LogP contribution >= 0.6 is 15.9 Å². The van der Waals surface area contributed by atoms with Gasteiger partial charge in [0.2, 0.25) is 0 Å². The number of nitrogens with two attached hydrogens (primary N) is 1. The fraction of sp³-hybridized carbons (Fsp3) is 0.133. The van der Waals surface area contributed by atoms with Gasteiger partial charge in [-0.1, -0.05) is 28.1 Å². The number of benzene rings is 2. The number of hydrogen-bond donors (Lipinski definition) is 2. The minimum Gasteiger partial charge on any atom is -0.399 e. The Morgan fingerprint density at radius 3 is 2.85 bits per heavy atom. The first-order chi connectivity index (χ1) is 9.49. The quantitative estimate of drug-likeness (QED) is 0.844. The highest BCUT2D eigenvalue weighted by atomic mass is 79.9. The zero-order valence-corrected chi connectivity index (χ0v) is 12.5. The molecular formula is C15H14BrFN2O. The Hall–Kier alpha value is -1.88. The maximum Gasteiger partial charge on any atom is 0.254 e. The Kier molecular flexibility index (Phi) is 4.39. The van der Waals surface area contributed by atoms with Gasteiger partial charge in [0.1, 0.15) is 5.82 Å². The maximum atomic E-state index is 13.6. The number of hydrogen-bond acceptors (Lipinski definition) is 2. The fourth-order valence-corrected chi connectivity index (χ4v) is 2.20. The predicted octanol–water partition coefficient (Wildman–Crippen LogP) is 3.41. The molecule has 0 saturated heterocycles. The largest absolute Gasteiger partial charge is 0.399 e. The lowest BCUT2D eigenvalue weighted by Crippen LogP contribution is -2.24. The normalized spacial score (nSPS) is 10.3. The molecule has 0 spiro atoms. The van der Waals surface area contributed by atoms with Crippen LogP contribution in [0, 0.1) is 12.7 Å². The van der Waals surface area contributed by atoms with Gasteiger partial charge in [0.15, 0.2) is 0 Å². The molecule has 0 atom stereocenters. The van der Waals surface area contributed by atoms with E-state index in [-0.39, 0.29) is 5.56 Å². The summed E-state index contributed by atoms with van der Waals surface area (Å²) in [5.74, 6) is -0.999. The van der Waals surface area contributed by atoms with E-state index in [9.17, 15) is 9.18 Å². The SMILES string of the molecule is Cc1c(N)cccc1CNC(=O)c1cc(Br)ccc1F. The smallest absolute Gasteiger partial charge is 0.254 e. The van der Waals surface area contributed by atoms with Gasteiger partial charge in [0.05, 0.1) is 5.56 Å². The summed E-state index contributed by atoms with van der Waals surface area (Å²) in [5, 5.41) is 2.70. The highest BCUT2D eigenvalue weighted by Crippen LogP contribution is 2.17. The number of nitrogen functional groups attached to an aromatic ring is 1. The number of nitrogens with one attached hydrogen (secondary N) is 1. The predicted molar refractivity (Wildman–Crippen MR) is 80.9 cm³/mol. The zero-order chi connectivity index (χ0) is 14.7. The molecule has 104 valence electrons. The molecule has 2 aromatic carbocycles. The lowest BCUT2D eigenvalue weighted by Gasteiger charge is -2.10. The summed E-state index contributed by atoms with van der Waals surface area (Å²) in [7, 11) is 0. The lowest BCUT2D eigenvalue weighted by molar-refractivity contribution is 0.0947. The van der Waals surface area contributed by atoms with Crippen molar-refractivity contribution in [3.8, 4) is 0 Å². The van der Waals surface area contributed by atoms with Crippen molar-refractivity contribution in [3.05, 3.63) is 63.4 Å². The third-order valence-electron chi connectivity index (χ3n) is 3.10. The van der Waals surface area contributed by atoms with Gasteiger partial charge in [0.25, 0.3) is 5.91 Å². The van der Waals surface area contributed by atoms with Gasteiger partial charge >= 0.3 is 0 Å². The second-order valence-corrected chi connectivity index (χ2v) is 5.35. The first-order valence-corrected chi connectivity index (χ1v) is 6.85. The summed E-state index contributed by atoms with van der Waals surface area (Å²) in [5.41, 5.74) is 8.32. The van der Waals surface area contributed by atoms with Crippen LogP contribution in [0.5, 0.6) is 0 Å². The minimum atomic E-state index is -0.546. The average molecular weight is 337 g/mol. The molecule has 3 nitrogen and oxygen atoms in total. The Labute approximate surface area is 125 Å². The van der Waals surface area contributed by atoms with E-state index < -0.39 is 11.7 Å². The van der Waals surface area contributed by atoms with Gasteiger partial charge in [-0.05, 0) is 42.3 Å². The van der Waals surface area contributed by atoms with Crippen molar-refractivity contribution >= 4 is 27.5 Å². The van der Waals surface area contributed by atoms with E-state index in [0.29, 0.717) is 16.7 Å². The highest BCUT2D eigenvalue weighted by molar-refractivity contribution is 9.10. The van der Waals surface area contributed by atoms with Gasteiger partial charge in [-0.2, -0.15) is 0 Å². The van der Waals surface area contributed by atoms with Crippen LogP contribution in [0.25, 0.3) is 0 Å². The van der Waals surface area contributed by atoms with Crippen molar-refractivity contribution in [1.29, 1.82) is 0 Å². The third kappa shape index (κ3) is 3.17. The molecule has 20 heavy (non-hydrogen) atoms. The number of rotatable bonds is 3. The van der Waals surface area contributed by atoms with Gasteiger partial charge in [-0.15, -0.1) is 0 Å². The summed E-state index contributed by atoms with van der Waals surface area (Å²) in [6, 6.07) is 9.76. The Balaban J connectivity index is 2.13. The average Bonchev–Trinajstić information content (AvgIpc) is 2.43. The van der Waals surface area contributed by atoms with Crippen LogP contribution in [0.4, 0.5) is 10.1 Å². The zero-order valence-electron chi connectivity index (χ0n) is 10.9. The van der Waals surface area contributed by atoms with E-state index in [1.807, 2.05) is 19.1 Å². The van der Waals surface area contributed by atoms with Crippen LogP contribution in [-0.4, -0.2) is 5.91 Å². The van der Waals surface area contributed by atoms with E-state index >= 15 is 0 Å². The van der Waals surface area contributed by atoms with Crippen molar-refractivity contribution in [2.75, 3.05) is 5.73 Å². The third-order valence-corrected chi connectivity index (χ3v) is 3.59. The summed E-state index contributed by atoms with van der Waals surface area (Å²) >= 11 is 3.22. The number of carbonyl (C=O) groups is 1. The van der Waals surface area contributed by atoms with E-state index in [1.54, 1.807) is 12.1 Å². The molecule has 0 unspecified atom stereocenters. The first kappa shape index (κ1) is 14.5.